The van der Waals surface area contributed by atoms with E-state index in [2.05, 4.69) is 0 Å². The Hall–Kier alpha value is -2.10. The van der Waals surface area contributed by atoms with E-state index in [-0.39, 0.29) is 13.2 Å². The van der Waals surface area contributed by atoms with Crippen LogP contribution in [0.1, 0.15) is 13.8 Å². The second kappa shape index (κ2) is 11.4. The third-order valence-corrected chi connectivity index (χ3v) is 1.64. The first kappa shape index (κ1) is 15.9. The van der Waals surface area contributed by atoms with E-state index in [9.17, 15) is 9.59 Å². The summed E-state index contributed by atoms with van der Waals surface area (Å²) in [6.07, 6.45) is 12.8. The monoisotopic (exact) mass is 250 g/mol. The van der Waals surface area contributed by atoms with Crippen molar-refractivity contribution in [1.29, 1.82) is 0 Å². The number of hydrogen-bond acceptors (Lipinski definition) is 4. The van der Waals surface area contributed by atoms with Gasteiger partial charge in [-0.25, -0.2) is 9.59 Å². The predicted molar refractivity (Wildman–Crippen MR) is 69.8 cm³/mol. The van der Waals surface area contributed by atoms with Crippen molar-refractivity contribution in [2.75, 3.05) is 13.2 Å². The molecule has 0 saturated carbocycles. The maximum atomic E-state index is 11.1. The lowest BCUT2D eigenvalue weighted by Crippen LogP contribution is -2.11. The minimum absolute atomic E-state index is 0.0439. The van der Waals surface area contributed by atoms with Crippen LogP contribution in [0.5, 0.6) is 0 Å². The van der Waals surface area contributed by atoms with Gasteiger partial charge in [-0.2, -0.15) is 0 Å². The van der Waals surface area contributed by atoms with E-state index in [0.717, 1.165) is 0 Å². The van der Waals surface area contributed by atoms with Gasteiger partial charge in [-0.05, 0) is 13.8 Å². The molecule has 0 bridgehead atoms. The smallest absolute Gasteiger partial charge is 0.330 e. The zero-order valence-electron chi connectivity index (χ0n) is 10.7. The number of carbonyl (C=O) groups excluding carboxylic acids is 2. The van der Waals surface area contributed by atoms with Gasteiger partial charge in [0.15, 0.2) is 0 Å². The van der Waals surface area contributed by atoms with E-state index >= 15 is 0 Å². The molecule has 0 aliphatic heterocycles. The molecule has 0 aromatic rings. The molecule has 0 aromatic heterocycles. The lowest BCUT2D eigenvalue weighted by atomic mass is 10.4. The molecule has 18 heavy (non-hydrogen) atoms. The Bertz CT molecular complexity index is 326. The third kappa shape index (κ3) is 10.4. The molecule has 0 aromatic carbocycles. The summed E-state index contributed by atoms with van der Waals surface area (Å²) in [6, 6.07) is 0. The first-order chi connectivity index (χ1) is 8.70. The standard InChI is InChI=1S/C14H18O4/c1-3-5-7-9-13(15)17-11-12-18-14(16)10-8-6-4-2/h3-10H,11-12H2,1-2H3. The lowest BCUT2D eigenvalue weighted by Gasteiger charge is -2.02. The van der Waals surface area contributed by atoms with Gasteiger partial charge in [0.25, 0.3) is 0 Å². The van der Waals surface area contributed by atoms with Crippen LogP contribution < -0.4 is 0 Å². The van der Waals surface area contributed by atoms with Gasteiger partial charge < -0.3 is 9.47 Å². The van der Waals surface area contributed by atoms with Crippen LogP contribution in [0.15, 0.2) is 48.6 Å². The Kier molecular flexibility index (Phi) is 10.1. The highest BCUT2D eigenvalue weighted by Crippen LogP contribution is 1.87. The third-order valence-electron chi connectivity index (χ3n) is 1.64. The van der Waals surface area contributed by atoms with Crippen molar-refractivity contribution in [2.24, 2.45) is 0 Å². The summed E-state index contributed by atoms with van der Waals surface area (Å²) in [4.78, 5) is 22.1. The van der Waals surface area contributed by atoms with E-state index in [4.69, 9.17) is 9.47 Å². The fraction of sp³-hybridized carbons (Fsp3) is 0.286. The minimum atomic E-state index is -0.464. The van der Waals surface area contributed by atoms with Crippen LogP contribution in [0.25, 0.3) is 0 Å². The maximum Gasteiger partial charge on any atom is 0.330 e. The molecule has 0 fully saturated rings. The summed E-state index contributed by atoms with van der Waals surface area (Å²) in [5.41, 5.74) is 0. The molecule has 0 aliphatic rings. The van der Waals surface area contributed by atoms with E-state index in [0.29, 0.717) is 0 Å². The van der Waals surface area contributed by atoms with Crippen LogP contribution in [0.2, 0.25) is 0 Å². The molecule has 0 spiro atoms. The number of rotatable bonds is 7. The molecule has 0 radical (unpaired) electrons. The highest BCUT2D eigenvalue weighted by Gasteiger charge is 1.98. The van der Waals surface area contributed by atoms with Crippen LogP contribution >= 0.6 is 0 Å². The van der Waals surface area contributed by atoms with Crippen molar-refractivity contribution in [1.82, 2.24) is 0 Å². The zero-order chi connectivity index (χ0) is 13.6. The van der Waals surface area contributed by atoms with Gasteiger partial charge in [-0.3, -0.25) is 0 Å². The highest BCUT2D eigenvalue weighted by atomic mass is 16.6. The predicted octanol–water partition coefficient (Wildman–Crippen LogP) is 2.34. The van der Waals surface area contributed by atoms with Crippen molar-refractivity contribution < 1.29 is 19.1 Å². The van der Waals surface area contributed by atoms with Crippen molar-refractivity contribution in [3.63, 3.8) is 0 Å². The summed E-state index contributed by atoms with van der Waals surface area (Å²) in [6.45, 7) is 3.77. The Balaban J connectivity index is 3.67. The second-order valence-electron chi connectivity index (χ2n) is 3.10. The molecule has 4 heteroatoms. The molecule has 98 valence electrons. The van der Waals surface area contributed by atoms with Crippen LogP contribution in [-0.4, -0.2) is 25.2 Å². The van der Waals surface area contributed by atoms with E-state index in [1.807, 2.05) is 13.8 Å². The summed E-state index contributed by atoms with van der Waals surface area (Å²) in [5, 5.41) is 0. The maximum absolute atomic E-state index is 11.1. The fourth-order valence-corrected chi connectivity index (χ4v) is 0.871. The molecular weight excluding hydrogens is 232 g/mol. The number of allylic oxidation sites excluding steroid dienone is 6. The van der Waals surface area contributed by atoms with Crippen LogP contribution in [0.4, 0.5) is 0 Å². The quantitative estimate of drug-likeness (QED) is 0.301. The topological polar surface area (TPSA) is 52.6 Å². The van der Waals surface area contributed by atoms with E-state index in [1.165, 1.54) is 12.2 Å². The number of carbonyl (C=O) groups is 2. The first-order valence-corrected chi connectivity index (χ1v) is 5.63. The first-order valence-electron chi connectivity index (χ1n) is 5.63. The van der Waals surface area contributed by atoms with Gasteiger partial charge >= 0.3 is 11.9 Å². The Morgan fingerprint density at radius 2 is 1.17 bits per heavy atom. The van der Waals surface area contributed by atoms with Crippen molar-refractivity contribution >= 4 is 11.9 Å². The molecule has 4 nitrogen and oxygen atoms in total. The normalized spacial score (nSPS) is 11.9. The lowest BCUT2D eigenvalue weighted by molar-refractivity contribution is -0.146. The number of ether oxygens (including phenoxy) is 2. The number of hydrogen-bond donors (Lipinski definition) is 0. The molecule has 0 amide bonds. The highest BCUT2D eigenvalue weighted by molar-refractivity contribution is 5.83. The SMILES string of the molecule is CC=CC=CC(=O)OCCOC(=O)C=CC=CC. The molecule has 0 aliphatic carbocycles. The molecule has 0 rings (SSSR count). The van der Waals surface area contributed by atoms with Crippen LogP contribution in [0.3, 0.4) is 0 Å². The minimum Gasteiger partial charge on any atom is -0.459 e. The Morgan fingerprint density at radius 3 is 1.50 bits per heavy atom. The largest absolute Gasteiger partial charge is 0.459 e. The molecule has 0 heterocycles. The van der Waals surface area contributed by atoms with E-state index < -0.39 is 11.9 Å². The summed E-state index contributed by atoms with van der Waals surface area (Å²) in [5.74, 6) is -0.929. The van der Waals surface area contributed by atoms with Gasteiger partial charge in [0.05, 0.1) is 0 Å². The molecule has 0 unspecified atom stereocenters. The average Bonchev–Trinajstić information content (AvgIpc) is 2.35. The Labute approximate surface area is 107 Å². The summed E-state index contributed by atoms with van der Waals surface area (Å²) < 4.78 is 9.58. The summed E-state index contributed by atoms with van der Waals surface area (Å²) >= 11 is 0. The molecule has 0 atom stereocenters. The van der Waals surface area contributed by atoms with E-state index in [1.54, 1.807) is 36.5 Å². The van der Waals surface area contributed by atoms with Crippen molar-refractivity contribution in [3.8, 4) is 0 Å². The molecule has 0 saturated heterocycles. The summed E-state index contributed by atoms with van der Waals surface area (Å²) in [7, 11) is 0. The fourth-order valence-electron chi connectivity index (χ4n) is 0.871. The molecular formula is C14H18O4. The molecule has 0 N–H and O–H groups in total. The number of esters is 2. The van der Waals surface area contributed by atoms with Crippen LogP contribution in [-0.2, 0) is 19.1 Å². The van der Waals surface area contributed by atoms with Gasteiger partial charge in [0, 0.05) is 12.2 Å². The van der Waals surface area contributed by atoms with Crippen LogP contribution in [0, 0.1) is 0 Å². The van der Waals surface area contributed by atoms with Gasteiger partial charge in [0.1, 0.15) is 13.2 Å². The van der Waals surface area contributed by atoms with Gasteiger partial charge in [0.2, 0.25) is 0 Å². The Morgan fingerprint density at radius 1 is 0.778 bits per heavy atom. The van der Waals surface area contributed by atoms with Gasteiger partial charge in [-0.15, -0.1) is 0 Å². The van der Waals surface area contributed by atoms with Crippen molar-refractivity contribution in [3.05, 3.63) is 48.6 Å². The van der Waals surface area contributed by atoms with Crippen molar-refractivity contribution in [2.45, 2.75) is 13.8 Å². The average molecular weight is 250 g/mol. The second-order valence-corrected chi connectivity index (χ2v) is 3.10. The van der Waals surface area contributed by atoms with Gasteiger partial charge in [-0.1, -0.05) is 36.5 Å². The zero-order valence-corrected chi connectivity index (χ0v) is 10.7.